The maximum Gasteiger partial charge on any atom is 0.00978 e. The molecule has 0 radical (unpaired) electrons. The number of rotatable bonds is 1. The zero-order valence-corrected chi connectivity index (χ0v) is 25.0. The summed E-state index contributed by atoms with van der Waals surface area (Å²) in [5, 5.41) is 0. The molecule has 5 rings (SSSR count). The predicted molar refractivity (Wildman–Crippen MR) is 164 cm³/mol. The van der Waals surface area contributed by atoms with Crippen molar-refractivity contribution in [1.29, 1.82) is 0 Å². The Morgan fingerprint density at radius 1 is 0.474 bits per heavy atom. The van der Waals surface area contributed by atoms with Gasteiger partial charge in [0.15, 0.2) is 0 Å². The molecule has 6 bridgehead atoms. The molecule has 1 aliphatic carbocycles. The van der Waals surface area contributed by atoms with Crippen molar-refractivity contribution in [2.45, 2.75) is 93.4 Å². The number of hydrogen-bond acceptors (Lipinski definition) is 0. The normalized spacial score (nSPS) is 17.3. The summed E-state index contributed by atoms with van der Waals surface area (Å²) in [6.45, 7) is 20.7. The quantitative estimate of drug-likeness (QED) is 0.244. The summed E-state index contributed by atoms with van der Waals surface area (Å²) < 4.78 is 0. The molecule has 4 aromatic carbocycles. The number of aryl methyl sites for hydroxylation is 9. The van der Waals surface area contributed by atoms with Crippen LogP contribution in [0.3, 0.4) is 0 Å². The molecular weight excluding hydrogens is 456 g/mol. The molecule has 0 fully saturated rings. The van der Waals surface area contributed by atoms with E-state index in [-0.39, 0.29) is 0 Å². The Morgan fingerprint density at radius 3 is 1.68 bits per heavy atom. The fraction of sp³-hybridized carbons (Fsp3) is 0.368. The first-order valence-corrected chi connectivity index (χ1v) is 14.4. The Kier molecular flexibility index (Phi) is 7.12. The van der Waals surface area contributed by atoms with E-state index in [0.717, 1.165) is 19.3 Å². The van der Waals surface area contributed by atoms with Crippen molar-refractivity contribution >= 4 is 0 Å². The van der Waals surface area contributed by atoms with Crippen LogP contribution in [0, 0.1) is 55.4 Å². The molecule has 1 aliphatic rings. The van der Waals surface area contributed by atoms with Gasteiger partial charge in [0.1, 0.15) is 0 Å². The second kappa shape index (κ2) is 10.2. The molecule has 0 saturated carbocycles. The van der Waals surface area contributed by atoms with Crippen LogP contribution in [0.15, 0.2) is 54.6 Å². The van der Waals surface area contributed by atoms with E-state index in [4.69, 9.17) is 0 Å². The fourth-order valence-electron chi connectivity index (χ4n) is 7.08. The number of fused-ring (bicyclic) bond motifs is 6. The van der Waals surface area contributed by atoms with Crippen molar-refractivity contribution in [1.82, 2.24) is 0 Å². The molecule has 0 heteroatoms. The molecule has 2 atom stereocenters. The minimum Gasteiger partial charge on any atom is -0.0590 e. The summed E-state index contributed by atoms with van der Waals surface area (Å²) in [6, 6.07) is 21.9. The number of hydrogen-bond donors (Lipinski definition) is 0. The van der Waals surface area contributed by atoms with E-state index in [1.807, 2.05) is 0 Å². The summed E-state index contributed by atoms with van der Waals surface area (Å²) in [7, 11) is 0. The van der Waals surface area contributed by atoms with Crippen LogP contribution in [0.25, 0.3) is 0 Å². The maximum absolute atomic E-state index is 2.57. The van der Waals surface area contributed by atoms with Crippen LogP contribution in [0.5, 0.6) is 0 Å². The lowest BCUT2D eigenvalue weighted by Gasteiger charge is -2.27. The minimum atomic E-state index is 0.353. The van der Waals surface area contributed by atoms with Gasteiger partial charge < -0.3 is 0 Å². The Hall–Kier alpha value is -3.12. The molecule has 0 saturated heterocycles. The number of benzene rings is 4. The third kappa shape index (κ3) is 4.86. The zero-order valence-electron chi connectivity index (χ0n) is 25.0. The smallest absolute Gasteiger partial charge is 0.00978 e. The molecule has 0 aromatic heterocycles. The zero-order chi connectivity index (χ0) is 27.3. The van der Waals surface area contributed by atoms with E-state index in [9.17, 15) is 0 Å². The average molecular weight is 501 g/mol. The molecule has 0 heterocycles. The highest BCUT2D eigenvalue weighted by atomic mass is 14.3. The first kappa shape index (κ1) is 26.5. The van der Waals surface area contributed by atoms with Crippen LogP contribution in [-0.2, 0) is 12.8 Å². The van der Waals surface area contributed by atoms with Gasteiger partial charge in [-0.2, -0.15) is 0 Å². The van der Waals surface area contributed by atoms with Crippen LogP contribution in [0.1, 0.15) is 109 Å². The van der Waals surface area contributed by atoms with E-state index >= 15 is 0 Å². The third-order valence-electron chi connectivity index (χ3n) is 9.37. The summed E-state index contributed by atoms with van der Waals surface area (Å²) in [5.74, 6) is 0.731. The van der Waals surface area contributed by atoms with Crippen LogP contribution in [-0.4, -0.2) is 0 Å². The lowest BCUT2D eigenvalue weighted by atomic mass is 9.77. The van der Waals surface area contributed by atoms with Crippen molar-refractivity contribution in [2.75, 3.05) is 0 Å². The van der Waals surface area contributed by atoms with Crippen molar-refractivity contribution in [3.63, 3.8) is 0 Å². The largest absolute Gasteiger partial charge is 0.0590 e. The van der Waals surface area contributed by atoms with Gasteiger partial charge in [-0.3, -0.25) is 0 Å². The molecule has 38 heavy (non-hydrogen) atoms. The van der Waals surface area contributed by atoms with E-state index in [0.29, 0.717) is 11.8 Å². The monoisotopic (exact) mass is 500 g/mol. The van der Waals surface area contributed by atoms with Gasteiger partial charge in [-0.05, 0) is 153 Å². The van der Waals surface area contributed by atoms with Crippen LogP contribution >= 0.6 is 0 Å². The second-order valence-corrected chi connectivity index (χ2v) is 12.3. The first-order chi connectivity index (χ1) is 18.0. The van der Waals surface area contributed by atoms with E-state index in [1.165, 1.54) is 83.5 Å². The fourth-order valence-corrected chi connectivity index (χ4v) is 7.08. The highest BCUT2D eigenvalue weighted by molar-refractivity contribution is 5.52. The third-order valence-corrected chi connectivity index (χ3v) is 9.37. The molecule has 2 unspecified atom stereocenters. The van der Waals surface area contributed by atoms with Crippen molar-refractivity contribution in [2.24, 2.45) is 0 Å². The molecule has 4 aromatic rings. The maximum atomic E-state index is 2.57. The predicted octanol–water partition coefficient (Wildman–Crippen LogP) is 9.97. The SMILES string of the molecule is Cc1ccc(C2CCc3cc(c(C)cc3C)Cc3cc(c(C)cc3C)C(C)c3cc2c(C)cc3C)c(C)c1. The summed E-state index contributed by atoms with van der Waals surface area (Å²) >= 11 is 0. The lowest BCUT2D eigenvalue weighted by Crippen LogP contribution is -2.12. The standard InChI is InChI=1S/C38H44/c1-22-10-12-34(26(5)14-22)35-13-11-31-18-32(24(3)15-23(31)2)19-33-20-36(27(6)16-25(33)4)30(9)37-21-38(35)29(8)17-28(37)7/h10,12,14-18,20-21,30,35H,11,13,19H2,1-9H3. The van der Waals surface area contributed by atoms with Gasteiger partial charge in [0, 0.05) is 11.8 Å². The average Bonchev–Trinajstić information content (AvgIpc) is 2.84. The highest BCUT2D eigenvalue weighted by Crippen LogP contribution is 2.39. The molecule has 196 valence electrons. The molecule has 0 amide bonds. The molecule has 0 N–H and O–H groups in total. The molecule has 0 spiro atoms. The van der Waals surface area contributed by atoms with E-state index in [1.54, 1.807) is 0 Å². The Bertz CT molecular complexity index is 1530. The Balaban J connectivity index is 1.79. The van der Waals surface area contributed by atoms with Gasteiger partial charge in [-0.1, -0.05) is 67.1 Å². The lowest BCUT2D eigenvalue weighted by molar-refractivity contribution is 0.701. The van der Waals surface area contributed by atoms with Crippen LogP contribution in [0.2, 0.25) is 0 Å². The van der Waals surface area contributed by atoms with Crippen molar-refractivity contribution in [3.05, 3.63) is 138 Å². The van der Waals surface area contributed by atoms with Gasteiger partial charge in [-0.25, -0.2) is 0 Å². The van der Waals surface area contributed by atoms with Gasteiger partial charge in [0.25, 0.3) is 0 Å². The topological polar surface area (TPSA) is 0 Å². The summed E-state index contributed by atoms with van der Waals surface area (Å²) in [5.41, 5.74) is 21.6. The van der Waals surface area contributed by atoms with E-state index < -0.39 is 0 Å². The van der Waals surface area contributed by atoms with Gasteiger partial charge in [-0.15, -0.1) is 0 Å². The van der Waals surface area contributed by atoms with Gasteiger partial charge in [0.2, 0.25) is 0 Å². The van der Waals surface area contributed by atoms with E-state index in [2.05, 4.69) is 117 Å². The first-order valence-electron chi connectivity index (χ1n) is 14.4. The van der Waals surface area contributed by atoms with Gasteiger partial charge >= 0.3 is 0 Å². The summed E-state index contributed by atoms with van der Waals surface area (Å²) in [4.78, 5) is 0. The minimum absolute atomic E-state index is 0.353. The molecule has 0 aliphatic heterocycles. The Labute approximate surface area is 231 Å². The second-order valence-electron chi connectivity index (χ2n) is 12.3. The Morgan fingerprint density at radius 2 is 1.00 bits per heavy atom. The highest BCUT2D eigenvalue weighted by Gasteiger charge is 2.24. The van der Waals surface area contributed by atoms with Gasteiger partial charge in [0.05, 0.1) is 0 Å². The summed E-state index contributed by atoms with van der Waals surface area (Å²) in [6.07, 6.45) is 3.21. The molecular formula is C38H44. The van der Waals surface area contributed by atoms with Crippen molar-refractivity contribution < 1.29 is 0 Å². The van der Waals surface area contributed by atoms with Crippen LogP contribution < -0.4 is 0 Å². The molecule has 0 nitrogen and oxygen atoms in total. The van der Waals surface area contributed by atoms with Crippen molar-refractivity contribution in [3.8, 4) is 0 Å². The van der Waals surface area contributed by atoms with Crippen LogP contribution in [0.4, 0.5) is 0 Å².